The molecule has 0 aliphatic heterocycles. The number of anilines is 1. The fourth-order valence-electron chi connectivity index (χ4n) is 1.47. The molecule has 0 fully saturated rings. The van der Waals surface area contributed by atoms with E-state index in [2.05, 4.69) is 21.2 Å². The normalized spacial score (nSPS) is 10.1. The predicted molar refractivity (Wildman–Crippen MR) is 76.9 cm³/mol. The van der Waals surface area contributed by atoms with E-state index in [1.807, 2.05) is 18.2 Å². The summed E-state index contributed by atoms with van der Waals surface area (Å²) < 4.78 is 5.71. The van der Waals surface area contributed by atoms with Crippen molar-refractivity contribution in [1.29, 1.82) is 0 Å². The standard InChI is InChI=1S/C13H17BrN2O3/c1-10(17)16(7-8-19-2)9-13(18)15-12-6-4-3-5-11(12)14/h3-6H,7-9H2,1-2H3,(H,15,18). The van der Waals surface area contributed by atoms with Gasteiger partial charge in [-0.1, -0.05) is 12.1 Å². The third-order valence-electron chi connectivity index (χ3n) is 2.49. The average Bonchev–Trinajstić information content (AvgIpc) is 2.37. The van der Waals surface area contributed by atoms with E-state index in [4.69, 9.17) is 4.74 Å². The van der Waals surface area contributed by atoms with Crippen LogP contribution in [-0.2, 0) is 14.3 Å². The molecule has 0 aromatic heterocycles. The first-order chi connectivity index (χ1) is 9.04. The quantitative estimate of drug-likeness (QED) is 0.867. The molecular weight excluding hydrogens is 312 g/mol. The molecule has 0 bridgehead atoms. The molecule has 1 aromatic carbocycles. The van der Waals surface area contributed by atoms with Crippen LogP contribution in [-0.4, -0.2) is 43.5 Å². The summed E-state index contributed by atoms with van der Waals surface area (Å²) >= 11 is 3.35. The molecule has 0 spiro atoms. The molecule has 0 saturated carbocycles. The maximum Gasteiger partial charge on any atom is 0.244 e. The van der Waals surface area contributed by atoms with Gasteiger partial charge in [0.15, 0.2) is 0 Å². The van der Waals surface area contributed by atoms with Gasteiger partial charge < -0.3 is 15.0 Å². The zero-order chi connectivity index (χ0) is 14.3. The highest BCUT2D eigenvalue weighted by Crippen LogP contribution is 2.20. The predicted octanol–water partition coefficient (Wildman–Crippen LogP) is 1.88. The van der Waals surface area contributed by atoms with Crippen molar-refractivity contribution in [3.8, 4) is 0 Å². The maximum atomic E-state index is 11.9. The lowest BCUT2D eigenvalue weighted by molar-refractivity contribution is -0.133. The van der Waals surface area contributed by atoms with Gasteiger partial charge in [-0.05, 0) is 28.1 Å². The average molecular weight is 329 g/mol. The Hall–Kier alpha value is -1.40. The molecule has 6 heteroatoms. The summed E-state index contributed by atoms with van der Waals surface area (Å²) in [6, 6.07) is 7.31. The van der Waals surface area contributed by atoms with Gasteiger partial charge in [-0.15, -0.1) is 0 Å². The van der Waals surface area contributed by atoms with E-state index in [1.54, 1.807) is 13.2 Å². The smallest absolute Gasteiger partial charge is 0.244 e. The number of benzene rings is 1. The Morgan fingerprint density at radius 1 is 1.37 bits per heavy atom. The molecule has 0 radical (unpaired) electrons. The van der Waals surface area contributed by atoms with Crippen molar-refractivity contribution in [2.24, 2.45) is 0 Å². The zero-order valence-electron chi connectivity index (χ0n) is 11.0. The molecule has 1 aromatic rings. The second-order valence-corrected chi connectivity index (χ2v) is 4.82. The lowest BCUT2D eigenvalue weighted by atomic mass is 10.3. The van der Waals surface area contributed by atoms with Crippen LogP contribution < -0.4 is 5.32 Å². The van der Waals surface area contributed by atoms with E-state index >= 15 is 0 Å². The molecule has 0 unspecified atom stereocenters. The van der Waals surface area contributed by atoms with Crippen molar-refractivity contribution in [3.63, 3.8) is 0 Å². The van der Waals surface area contributed by atoms with Crippen molar-refractivity contribution < 1.29 is 14.3 Å². The first kappa shape index (κ1) is 15.7. The summed E-state index contributed by atoms with van der Waals surface area (Å²) in [5.74, 6) is -0.391. The van der Waals surface area contributed by atoms with Crippen molar-refractivity contribution in [3.05, 3.63) is 28.7 Å². The summed E-state index contributed by atoms with van der Waals surface area (Å²) in [7, 11) is 1.56. The second kappa shape index (κ2) is 7.91. The van der Waals surface area contributed by atoms with Crippen LogP contribution in [0.3, 0.4) is 0 Å². The minimum atomic E-state index is -0.238. The fourth-order valence-corrected chi connectivity index (χ4v) is 1.86. The van der Waals surface area contributed by atoms with Gasteiger partial charge in [0.25, 0.3) is 0 Å². The van der Waals surface area contributed by atoms with Crippen LogP contribution in [0, 0.1) is 0 Å². The van der Waals surface area contributed by atoms with Crippen molar-refractivity contribution >= 4 is 33.4 Å². The molecule has 5 nitrogen and oxygen atoms in total. The van der Waals surface area contributed by atoms with Crippen LogP contribution in [0.15, 0.2) is 28.7 Å². The largest absolute Gasteiger partial charge is 0.383 e. The van der Waals surface area contributed by atoms with Crippen LogP contribution in [0.25, 0.3) is 0 Å². The van der Waals surface area contributed by atoms with Crippen LogP contribution in [0.5, 0.6) is 0 Å². The topological polar surface area (TPSA) is 58.6 Å². The van der Waals surface area contributed by atoms with Gasteiger partial charge in [0.05, 0.1) is 18.8 Å². The molecule has 0 saturated heterocycles. The molecule has 104 valence electrons. The van der Waals surface area contributed by atoms with E-state index < -0.39 is 0 Å². The number of hydrogen-bond acceptors (Lipinski definition) is 3. The molecular formula is C13H17BrN2O3. The van der Waals surface area contributed by atoms with E-state index in [1.165, 1.54) is 11.8 Å². The van der Waals surface area contributed by atoms with Gasteiger partial charge >= 0.3 is 0 Å². The lowest BCUT2D eigenvalue weighted by Crippen LogP contribution is -2.38. The highest BCUT2D eigenvalue weighted by molar-refractivity contribution is 9.10. The Morgan fingerprint density at radius 2 is 2.05 bits per heavy atom. The third-order valence-corrected chi connectivity index (χ3v) is 3.18. The monoisotopic (exact) mass is 328 g/mol. The molecule has 1 N–H and O–H groups in total. The number of amides is 2. The summed E-state index contributed by atoms with van der Waals surface area (Å²) in [4.78, 5) is 24.7. The third kappa shape index (κ3) is 5.40. The molecule has 0 heterocycles. The number of nitrogens with zero attached hydrogens (tertiary/aromatic N) is 1. The number of hydrogen-bond donors (Lipinski definition) is 1. The van der Waals surface area contributed by atoms with Crippen molar-refractivity contribution in [2.75, 3.05) is 32.1 Å². The van der Waals surface area contributed by atoms with Crippen molar-refractivity contribution in [1.82, 2.24) is 4.90 Å². The highest BCUT2D eigenvalue weighted by atomic mass is 79.9. The summed E-state index contributed by atoms with van der Waals surface area (Å²) in [5, 5.41) is 2.75. The van der Waals surface area contributed by atoms with Crippen LogP contribution in [0.4, 0.5) is 5.69 Å². The molecule has 0 atom stereocenters. The summed E-state index contributed by atoms with van der Waals surface area (Å²) in [5.41, 5.74) is 0.683. The van der Waals surface area contributed by atoms with E-state index in [0.29, 0.717) is 18.8 Å². The van der Waals surface area contributed by atoms with Crippen molar-refractivity contribution in [2.45, 2.75) is 6.92 Å². The number of ether oxygens (including phenoxy) is 1. The molecule has 2 amide bonds. The number of methoxy groups -OCH3 is 1. The number of para-hydroxylation sites is 1. The Labute approximate surface area is 121 Å². The number of carbonyl (C=O) groups excluding carboxylic acids is 2. The van der Waals surface area contributed by atoms with Crippen LogP contribution in [0.1, 0.15) is 6.92 Å². The Bertz CT molecular complexity index is 451. The van der Waals surface area contributed by atoms with E-state index in [0.717, 1.165) is 4.47 Å². The van der Waals surface area contributed by atoms with Gasteiger partial charge in [-0.2, -0.15) is 0 Å². The minimum absolute atomic E-state index is 0.0139. The maximum absolute atomic E-state index is 11.9. The minimum Gasteiger partial charge on any atom is -0.383 e. The molecule has 19 heavy (non-hydrogen) atoms. The molecule has 0 aliphatic rings. The Kier molecular flexibility index (Phi) is 6.52. The fraction of sp³-hybridized carbons (Fsp3) is 0.385. The second-order valence-electron chi connectivity index (χ2n) is 3.96. The summed E-state index contributed by atoms with van der Waals surface area (Å²) in [6.07, 6.45) is 0. The SMILES string of the molecule is COCCN(CC(=O)Nc1ccccc1Br)C(C)=O. The van der Waals surface area contributed by atoms with Crippen LogP contribution in [0.2, 0.25) is 0 Å². The van der Waals surface area contributed by atoms with Gasteiger partial charge in [0, 0.05) is 25.1 Å². The van der Waals surface area contributed by atoms with Gasteiger partial charge in [-0.25, -0.2) is 0 Å². The van der Waals surface area contributed by atoms with Gasteiger partial charge in [0.2, 0.25) is 11.8 Å². The first-order valence-electron chi connectivity index (χ1n) is 5.83. The van der Waals surface area contributed by atoms with Gasteiger partial charge in [-0.3, -0.25) is 9.59 Å². The Morgan fingerprint density at radius 3 is 2.63 bits per heavy atom. The van der Waals surface area contributed by atoms with Crippen LogP contribution >= 0.6 is 15.9 Å². The highest BCUT2D eigenvalue weighted by Gasteiger charge is 2.13. The van der Waals surface area contributed by atoms with E-state index in [9.17, 15) is 9.59 Å². The molecule has 0 aliphatic carbocycles. The zero-order valence-corrected chi connectivity index (χ0v) is 12.6. The lowest BCUT2D eigenvalue weighted by Gasteiger charge is -2.20. The van der Waals surface area contributed by atoms with Gasteiger partial charge in [0.1, 0.15) is 0 Å². The van der Waals surface area contributed by atoms with E-state index in [-0.39, 0.29) is 18.4 Å². The Balaban J connectivity index is 2.58. The number of rotatable bonds is 6. The summed E-state index contributed by atoms with van der Waals surface area (Å²) in [6.45, 7) is 2.25. The number of nitrogens with one attached hydrogen (secondary N) is 1. The molecule has 1 rings (SSSR count). The number of carbonyl (C=O) groups is 2. The first-order valence-corrected chi connectivity index (χ1v) is 6.62. The number of halogens is 1.